The average molecular weight is 340 g/mol. The van der Waals surface area contributed by atoms with Gasteiger partial charge in [0.2, 0.25) is 0 Å². The maximum absolute atomic E-state index is 13.1. The fourth-order valence-electron chi connectivity index (χ4n) is 1.96. The van der Waals surface area contributed by atoms with Crippen molar-refractivity contribution in [3.63, 3.8) is 0 Å². The minimum absolute atomic E-state index is 0.202. The highest BCUT2D eigenvalue weighted by atomic mass is 32.2. The molecular formula is C16H15F3N2OS. The van der Waals surface area contributed by atoms with E-state index < -0.39 is 11.8 Å². The van der Waals surface area contributed by atoms with E-state index in [-0.39, 0.29) is 17.3 Å². The lowest BCUT2D eigenvalue weighted by molar-refractivity contribution is 0.220. The van der Waals surface area contributed by atoms with Crippen molar-refractivity contribution in [3.8, 4) is 0 Å². The Labute approximate surface area is 136 Å². The van der Waals surface area contributed by atoms with Crippen LogP contribution in [0.1, 0.15) is 5.56 Å². The summed E-state index contributed by atoms with van der Waals surface area (Å²) in [5.41, 5.74) is 0.951. The Hall–Kier alpha value is -2.15. The number of alkyl halides is 2. The molecule has 23 heavy (non-hydrogen) atoms. The number of rotatable bonds is 5. The van der Waals surface area contributed by atoms with Gasteiger partial charge >= 0.3 is 6.03 Å². The first-order valence-electron chi connectivity index (χ1n) is 6.76. The van der Waals surface area contributed by atoms with Crippen LogP contribution in [0.3, 0.4) is 0 Å². The van der Waals surface area contributed by atoms with Crippen LogP contribution in [0.4, 0.5) is 23.7 Å². The molecule has 0 aliphatic rings. The second-order valence-electron chi connectivity index (χ2n) is 4.79. The fraction of sp³-hybridized carbons (Fsp3) is 0.188. The number of carbonyl (C=O) groups excluding carboxylic acids is 1. The Morgan fingerprint density at radius 2 is 1.96 bits per heavy atom. The van der Waals surface area contributed by atoms with Crippen LogP contribution < -0.4 is 5.32 Å². The fourth-order valence-corrected chi connectivity index (χ4v) is 2.56. The van der Waals surface area contributed by atoms with Gasteiger partial charge in [0.25, 0.3) is 5.76 Å². The Balaban J connectivity index is 2.04. The van der Waals surface area contributed by atoms with Crippen LogP contribution >= 0.6 is 11.8 Å². The van der Waals surface area contributed by atoms with Crippen molar-refractivity contribution in [2.75, 3.05) is 12.4 Å². The Bertz CT molecular complexity index is 682. The van der Waals surface area contributed by atoms with Crippen LogP contribution in [-0.2, 0) is 6.54 Å². The zero-order chi connectivity index (χ0) is 16.8. The highest BCUT2D eigenvalue weighted by molar-refractivity contribution is 7.99. The van der Waals surface area contributed by atoms with E-state index in [4.69, 9.17) is 0 Å². The van der Waals surface area contributed by atoms with Gasteiger partial charge in [-0.05, 0) is 29.8 Å². The zero-order valence-electron chi connectivity index (χ0n) is 12.3. The molecule has 0 saturated carbocycles. The summed E-state index contributed by atoms with van der Waals surface area (Å²) in [6.45, 7) is 0.202. The summed E-state index contributed by atoms with van der Waals surface area (Å²) in [4.78, 5) is 13.8. The van der Waals surface area contributed by atoms with E-state index in [2.05, 4.69) is 5.32 Å². The number of halogens is 3. The maximum Gasteiger partial charge on any atom is 0.321 e. The third kappa shape index (κ3) is 5.21. The first-order chi connectivity index (χ1) is 11.0. The van der Waals surface area contributed by atoms with Crippen molar-refractivity contribution in [2.45, 2.75) is 17.2 Å². The van der Waals surface area contributed by atoms with Crippen LogP contribution in [0, 0.1) is 5.82 Å². The van der Waals surface area contributed by atoms with E-state index >= 15 is 0 Å². The highest BCUT2D eigenvalue weighted by Gasteiger charge is 2.14. The lowest BCUT2D eigenvalue weighted by Gasteiger charge is -2.19. The number of nitrogens with zero attached hydrogens (tertiary/aromatic N) is 1. The molecule has 1 N–H and O–H groups in total. The SMILES string of the molecule is CN(Cc1cccc(F)c1)C(=O)Nc1ccccc1SC(F)F. The lowest BCUT2D eigenvalue weighted by Crippen LogP contribution is -2.31. The molecular weight excluding hydrogens is 325 g/mol. The van der Waals surface area contributed by atoms with E-state index in [1.54, 1.807) is 37.4 Å². The second kappa shape index (κ2) is 7.92. The molecule has 0 radical (unpaired) electrons. The van der Waals surface area contributed by atoms with Crippen LogP contribution in [0.2, 0.25) is 0 Å². The summed E-state index contributed by atoms with van der Waals surface area (Å²) in [6.07, 6.45) is 0. The van der Waals surface area contributed by atoms with Gasteiger partial charge < -0.3 is 10.2 Å². The van der Waals surface area contributed by atoms with Crippen LogP contribution in [0.25, 0.3) is 0 Å². The lowest BCUT2D eigenvalue weighted by atomic mass is 10.2. The van der Waals surface area contributed by atoms with Gasteiger partial charge in [0, 0.05) is 18.5 Å². The normalized spacial score (nSPS) is 10.7. The van der Waals surface area contributed by atoms with Crippen molar-refractivity contribution < 1.29 is 18.0 Å². The van der Waals surface area contributed by atoms with Gasteiger partial charge in [-0.3, -0.25) is 0 Å². The van der Waals surface area contributed by atoms with Gasteiger partial charge in [-0.15, -0.1) is 0 Å². The molecule has 0 bridgehead atoms. The van der Waals surface area contributed by atoms with E-state index in [0.717, 1.165) is 0 Å². The molecule has 0 unspecified atom stereocenters. The average Bonchev–Trinajstić information content (AvgIpc) is 2.48. The molecule has 0 atom stereocenters. The van der Waals surface area contributed by atoms with Crippen LogP contribution in [-0.4, -0.2) is 23.7 Å². The summed E-state index contributed by atoms with van der Waals surface area (Å²) in [5.74, 6) is -2.95. The number of thioether (sulfide) groups is 1. The number of para-hydroxylation sites is 1. The molecule has 2 aromatic carbocycles. The molecule has 0 saturated heterocycles. The van der Waals surface area contributed by atoms with E-state index in [1.807, 2.05) is 0 Å². The van der Waals surface area contributed by atoms with Crippen molar-refractivity contribution in [1.82, 2.24) is 4.90 Å². The molecule has 3 nitrogen and oxygen atoms in total. The van der Waals surface area contributed by atoms with Crippen LogP contribution in [0.15, 0.2) is 53.4 Å². The molecule has 0 spiro atoms. The standard InChI is InChI=1S/C16H15F3N2OS/c1-21(10-11-5-4-6-12(17)9-11)16(22)20-13-7-2-3-8-14(13)23-15(18)19/h2-9,15H,10H2,1H3,(H,20,22). The summed E-state index contributed by atoms with van der Waals surface area (Å²) in [5, 5.41) is 2.59. The molecule has 2 amide bonds. The van der Waals surface area contributed by atoms with Crippen molar-refractivity contribution >= 4 is 23.5 Å². The summed E-state index contributed by atoms with van der Waals surface area (Å²) in [6, 6.07) is 11.8. The van der Waals surface area contributed by atoms with E-state index in [9.17, 15) is 18.0 Å². The minimum Gasteiger partial charge on any atom is -0.323 e. The Kier molecular flexibility index (Phi) is 5.92. The number of nitrogens with one attached hydrogen (secondary N) is 1. The first-order valence-corrected chi connectivity index (χ1v) is 7.64. The molecule has 0 heterocycles. The molecule has 2 rings (SSSR count). The topological polar surface area (TPSA) is 32.3 Å². The predicted octanol–water partition coefficient (Wildman–Crippen LogP) is 4.80. The van der Waals surface area contributed by atoms with Gasteiger partial charge in [0.15, 0.2) is 0 Å². The van der Waals surface area contributed by atoms with Crippen molar-refractivity contribution in [3.05, 3.63) is 59.9 Å². The Morgan fingerprint density at radius 3 is 2.65 bits per heavy atom. The van der Waals surface area contributed by atoms with Gasteiger partial charge in [-0.25, -0.2) is 9.18 Å². The third-order valence-electron chi connectivity index (χ3n) is 3.00. The number of carbonyl (C=O) groups is 1. The highest BCUT2D eigenvalue weighted by Crippen LogP contribution is 2.31. The van der Waals surface area contributed by atoms with Gasteiger partial charge in [-0.1, -0.05) is 36.0 Å². The predicted molar refractivity (Wildman–Crippen MR) is 85.2 cm³/mol. The maximum atomic E-state index is 13.1. The summed E-state index contributed by atoms with van der Waals surface area (Å²) >= 11 is 0.369. The Morgan fingerprint density at radius 1 is 1.22 bits per heavy atom. The molecule has 7 heteroatoms. The van der Waals surface area contributed by atoms with Gasteiger partial charge in [0.1, 0.15) is 5.82 Å². The number of amides is 2. The molecule has 122 valence electrons. The molecule has 0 aromatic heterocycles. The first kappa shape index (κ1) is 17.2. The smallest absolute Gasteiger partial charge is 0.321 e. The molecule has 0 fully saturated rings. The number of benzene rings is 2. The van der Waals surface area contributed by atoms with Crippen molar-refractivity contribution in [2.24, 2.45) is 0 Å². The minimum atomic E-state index is -2.57. The van der Waals surface area contributed by atoms with Gasteiger partial charge in [-0.2, -0.15) is 8.78 Å². The number of hydrogen-bond acceptors (Lipinski definition) is 2. The molecule has 0 aliphatic carbocycles. The number of anilines is 1. The largest absolute Gasteiger partial charge is 0.323 e. The van der Waals surface area contributed by atoms with E-state index in [1.165, 1.54) is 23.1 Å². The second-order valence-corrected chi connectivity index (χ2v) is 5.82. The van der Waals surface area contributed by atoms with E-state index in [0.29, 0.717) is 23.0 Å². The summed E-state index contributed by atoms with van der Waals surface area (Å²) < 4.78 is 38.2. The summed E-state index contributed by atoms with van der Waals surface area (Å²) in [7, 11) is 1.54. The van der Waals surface area contributed by atoms with Gasteiger partial charge in [0.05, 0.1) is 5.69 Å². The quantitative estimate of drug-likeness (QED) is 0.793. The van der Waals surface area contributed by atoms with Crippen molar-refractivity contribution in [1.29, 1.82) is 0 Å². The van der Waals surface area contributed by atoms with Crippen LogP contribution in [0.5, 0.6) is 0 Å². The molecule has 2 aromatic rings. The number of hydrogen-bond donors (Lipinski definition) is 1. The molecule has 0 aliphatic heterocycles. The monoisotopic (exact) mass is 340 g/mol. The third-order valence-corrected chi connectivity index (χ3v) is 3.79. The zero-order valence-corrected chi connectivity index (χ0v) is 13.1. The number of urea groups is 1.